The number of nitrogens with one attached hydrogen (secondary N) is 3. The van der Waals surface area contributed by atoms with Gasteiger partial charge in [0.25, 0.3) is 0 Å². The van der Waals surface area contributed by atoms with E-state index in [4.69, 9.17) is 0 Å². The van der Waals surface area contributed by atoms with E-state index in [9.17, 15) is 18.4 Å². The lowest BCUT2D eigenvalue weighted by molar-refractivity contribution is -0.146. The van der Waals surface area contributed by atoms with Gasteiger partial charge in [0, 0.05) is 6.92 Å². The van der Waals surface area contributed by atoms with Crippen LogP contribution in [0, 0.1) is 6.92 Å². The molecule has 0 saturated heterocycles. The second-order valence-electron chi connectivity index (χ2n) is 5.25. The Kier molecular flexibility index (Phi) is 5.13. The number of aryl methyl sites for hydroxylation is 1. The van der Waals surface area contributed by atoms with Crippen molar-refractivity contribution >= 4 is 23.2 Å². The average molecular weight is 333 g/mol. The predicted octanol–water partition coefficient (Wildman–Crippen LogP) is 3.19. The van der Waals surface area contributed by atoms with Gasteiger partial charge in [-0.25, -0.2) is 0 Å². The van der Waals surface area contributed by atoms with Gasteiger partial charge in [-0.3, -0.25) is 20.4 Å². The van der Waals surface area contributed by atoms with E-state index >= 15 is 0 Å². The molecule has 3 N–H and O–H groups in total. The lowest BCUT2D eigenvalue weighted by atomic mass is 10.0. The van der Waals surface area contributed by atoms with Gasteiger partial charge in [-0.2, -0.15) is 8.78 Å². The molecule has 0 bridgehead atoms. The van der Waals surface area contributed by atoms with Crippen LogP contribution in [-0.4, -0.2) is 11.8 Å². The molecule has 2 amide bonds. The Bertz CT molecular complexity index is 749. The van der Waals surface area contributed by atoms with E-state index in [1.807, 2.05) is 5.43 Å². The molecule has 0 aromatic heterocycles. The summed E-state index contributed by atoms with van der Waals surface area (Å²) in [7, 11) is 0. The molecule has 0 spiro atoms. The van der Waals surface area contributed by atoms with Gasteiger partial charge >= 0.3 is 11.8 Å². The molecule has 24 heavy (non-hydrogen) atoms. The van der Waals surface area contributed by atoms with Gasteiger partial charge < -0.3 is 5.32 Å². The summed E-state index contributed by atoms with van der Waals surface area (Å²) in [5, 5.41) is 2.32. The molecule has 0 atom stereocenters. The van der Waals surface area contributed by atoms with Gasteiger partial charge in [0.2, 0.25) is 5.91 Å². The molecular formula is C17H17F2N3O2. The first-order valence-electron chi connectivity index (χ1n) is 7.18. The van der Waals surface area contributed by atoms with Crippen molar-refractivity contribution in [1.29, 1.82) is 0 Å². The first-order chi connectivity index (χ1) is 11.3. The van der Waals surface area contributed by atoms with Crippen molar-refractivity contribution in [2.45, 2.75) is 19.8 Å². The fourth-order valence-corrected chi connectivity index (χ4v) is 2.07. The first kappa shape index (κ1) is 17.4. The third-order valence-electron chi connectivity index (χ3n) is 3.20. The molecule has 0 saturated carbocycles. The lowest BCUT2D eigenvalue weighted by Crippen LogP contribution is -2.41. The van der Waals surface area contributed by atoms with Crippen molar-refractivity contribution in [2.75, 3.05) is 10.7 Å². The van der Waals surface area contributed by atoms with E-state index in [-0.39, 0.29) is 5.69 Å². The number of amides is 2. The van der Waals surface area contributed by atoms with Gasteiger partial charge in [-0.1, -0.05) is 29.8 Å². The van der Waals surface area contributed by atoms with Crippen LogP contribution in [0.2, 0.25) is 0 Å². The zero-order chi connectivity index (χ0) is 17.7. The molecule has 5 nitrogen and oxygen atoms in total. The van der Waals surface area contributed by atoms with Gasteiger partial charge in [0.05, 0.1) is 16.9 Å². The van der Waals surface area contributed by atoms with Gasteiger partial charge in [0.15, 0.2) is 0 Å². The summed E-state index contributed by atoms with van der Waals surface area (Å²) in [5.74, 6) is -5.85. The van der Waals surface area contributed by atoms with E-state index in [1.54, 1.807) is 43.3 Å². The number of halogens is 2. The molecule has 2 aromatic carbocycles. The van der Waals surface area contributed by atoms with E-state index in [2.05, 4.69) is 10.7 Å². The smallest absolute Gasteiger partial charge is 0.326 e. The van der Waals surface area contributed by atoms with E-state index < -0.39 is 23.3 Å². The van der Waals surface area contributed by atoms with Crippen LogP contribution >= 0.6 is 0 Å². The van der Waals surface area contributed by atoms with Gasteiger partial charge in [0.1, 0.15) is 0 Å². The number of benzene rings is 2. The van der Waals surface area contributed by atoms with E-state index in [0.29, 0.717) is 11.3 Å². The minimum Gasteiger partial charge on any atom is -0.326 e. The van der Waals surface area contributed by atoms with Crippen LogP contribution in [0.15, 0.2) is 48.5 Å². The average Bonchev–Trinajstić information content (AvgIpc) is 2.54. The van der Waals surface area contributed by atoms with Crippen molar-refractivity contribution in [3.8, 4) is 0 Å². The van der Waals surface area contributed by atoms with Crippen molar-refractivity contribution in [3.63, 3.8) is 0 Å². The standard InChI is InChI=1S/C17H17F2N3O2/c1-11-8-9-15(20-12(2)23)14(10-11)17(18,19)16(24)22-21-13-6-4-3-5-7-13/h3-10,21H,1-2H3,(H,20,23)(H,22,24). The number of hydrazine groups is 1. The Morgan fingerprint density at radius 2 is 1.71 bits per heavy atom. The number of carbonyl (C=O) groups is 2. The fraction of sp³-hybridized carbons (Fsp3) is 0.176. The van der Waals surface area contributed by atoms with Gasteiger partial charge in [-0.05, 0) is 31.2 Å². The van der Waals surface area contributed by atoms with Crippen molar-refractivity contribution in [3.05, 3.63) is 59.7 Å². The number of anilines is 2. The Morgan fingerprint density at radius 1 is 1.04 bits per heavy atom. The summed E-state index contributed by atoms with van der Waals surface area (Å²) >= 11 is 0. The van der Waals surface area contributed by atoms with Crippen LogP contribution in [-0.2, 0) is 15.5 Å². The van der Waals surface area contributed by atoms with Crippen molar-refractivity contribution in [1.82, 2.24) is 5.43 Å². The summed E-state index contributed by atoms with van der Waals surface area (Å²) in [6.45, 7) is 2.83. The maximum atomic E-state index is 14.5. The van der Waals surface area contributed by atoms with Crippen LogP contribution < -0.4 is 16.2 Å². The third-order valence-corrected chi connectivity index (χ3v) is 3.20. The minimum absolute atomic E-state index is 0.104. The molecule has 7 heteroatoms. The molecule has 2 aromatic rings. The molecular weight excluding hydrogens is 316 g/mol. The summed E-state index contributed by atoms with van der Waals surface area (Å²) in [5.41, 5.74) is 4.76. The summed E-state index contributed by atoms with van der Waals surface area (Å²) in [6, 6.07) is 12.5. The number of rotatable bonds is 5. The maximum absolute atomic E-state index is 14.5. The fourth-order valence-electron chi connectivity index (χ4n) is 2.07. The van der Waals surface area contributed by atoms with Crippen molar-refractivity contribution < 1.29 is 18.4 Å². The molecule has 126 valence electrons. The number of alkyl halides is 2. The highest BCUT2D eigenvalue weighted by Gasteiger charge is 2.43. The Labute approximate surface area is 138 Å². The zero-order valence-electron chi connectivity index (χ0n) is 13.2. The van der Waals surface area contributed by atoms with Gasteiger partial charge in [-0.15, -0.1) is 0 Å². The summed E-state index contributed by atoms with van der Waals surface area (Å²) in [4.78, 5) is 23.1. The predicted molar refractivity (Wildman–Crippen MR) is 87.6 cm³/mol. The molecule has 0 heterocycles. The third kappa shape index (κ3) is 4.07. The molecule has 0 fully saturated rings. The van der Waals surface area contributed by atoms with Crippen LogP contribution in [0.1, 0.15) is 18.1 Å². The number of para-hydroxylation sites is 1. The second kappa shape index (κ2) is 7.08. The number of carbonyl (C=O) groups excluding carboxylic acids is 2. The molecule has 2 rings (SSSR count). The summed E-state index contributed by atoms with van der Waals surface area (Å²) in [6.07, 6.45) is 0. The van der Waals surface area contributed by atoms with Crippen LogP contribution in [0.4, 0.5) is 20.2 Å². The lowest BCUT2D eigenvalue weighted by Gasteiger charge is -2.20. The molecule has 0 aliphatic rings. The highest BCUT2D eigenvalue weighted by Crippen LogP contribution is 2.34. The first-order valence-corrected chi connectivity index (χ1v) is 7.18. The van der Waals surface area contributed by atoms with E-state index in [0.717, 1.165) is 0 Å². The minimum atomic E-state index is -3.83. The Balaban J connectivity index is 2.23. The largest absolute Gasteiger partial charge is 0.353 e. The van der Waals surface area contributed by atoms with Crippen LogP contribution in [0.5, 0.6) is 0 Å². The molecule has 0 aliphatic heterocycles. The topological polar surface area (TPSA) is 70.2 Å². The van der Waals surface area contributed by atoms with Crippen LogP contribution in [0.25, 0.3) is 0 Å². The Hall–Kier alpha value is -2.96. The maximum Gasteiger partial charge on any atom is 0.353 e. The quantitative estimate of drug-likeness (QED) is 0.736. The highest BCUT2D eigenvalue weighted by molar-refractivity contribution is 5.93. The molecule has 0 radical (unpaired) electrons. The zero-order valence-corrected chi connectivity index (χ0v) is 13.2. The Morgan fingerprint density at radius 3 is 2.33 bits per heavy atom. The van der Waals surface area contributed by atoms with E-state index in [1.165, 1.54) is 19.1 Å². The summed E-state index contributed by atoms with van der Waals surface area (Å²) < 4.78 is 29.1. The number of hydrogen-bond donors (Lipinski definition) is 3. The van der Waals surface area contributed by atoms with Crippen molar-refractivity contribution in [2.24, 2.45) is 0 Å². The molecule has 0 aliphatic carbocycles. The highest BCUT2D eigenvalue weighted by atomic mass is 19.3. The van der Waals surface area contributed by atoms with Crippen LogP contribution in [0.3, 0.4) is 0 Å². The monoisotopic (exact) mass is 333 g/mol. The molecule has 0 unspecified atom stereocenters. The second-order valence-corrected chi connectivity index (χ2v) is 5.25. The normalized spacial score (nSPS) is 10.8. The SMILES string of the molecule is CC(=O)Nc1ccc(C)cc1C(F)(F)C(=O)NNc1ccccc1. The number of hydrogen-bond acceptors (Lipinski definition) is 3.